The largest absolute Gasteiger partial charge is 0.395 e. The van der Waals surface area contributed by atoms with E-state index < -0.39 is 0 Å². The van der Waals surface area contributed by atoms with Crippen LogP contribution in [0.3, 0.4) is 0 Å². The first-order chi connectivity index (χ1) is 8.21. The summed E-state index contributed by atoms with van der Waals surface area (Å²) in [6, 6.07) is 6.39. The molecular weight excluding hydrogens is 212 g/mol. The van der Waals surface area contributed by atoms with Gasteiger partial charge in [0.05, 0.1) is 6.61 Å². The van der Waals surface area contributed by atoms with Crippen molar-refractivity contribution in [3.63, 3.8) is 0 Å². The summed E-state index contributed by atoms with van der Waals surface area (Å²) in [6.45, 7) is 7.78. The monoisotopic (exact) mass is 236 g/mol. The number of rotatable bonds is 7. The molecule has 17 heavy (non-hydrogen) atoms. The standard InChI is InChI=1S/C14H24N2O/c1-3-6-16(7-8-17)11-14-5-4-13(10-15)9-12(14)2/h4-5,9,17H,3,6-8,10-11,15H2,1-2H3. The van der Waals surface area contributed by atoms with Crippen LogP contribution in [0.1, 0.15) is 30.0 Å². The van der Waals surface area contributed by atoms with Crippen molar-refractivity contribution in [2.75, 3.05) is 19.7 Å². The summed E-state index contributed by atoms with van der Waals surface area (Å²) in [7, 11) is 0. The van der Waals surface area contributed by atoms with E-state index in [0.29, 0.717) is 6.54 Å². The number of hydrogen-bond donors (Lipinski definition) is 2. The van der Waals surface area contributed by atoms with Gasteiger partial charge in [0.25, 0.3) is 0 Å². The Morgan fingerprint density at radius 3 is 2.59 bits per heavy atom. The molecule has 0 aliphatic rings. The summed E-state index contributed by atoms with van der Waals surface area (Å²) in [5, 5.41) is 9.03. The molecule has 0 heterocycles. The zero-order chi connectivity index (χ0) is 12.7. The van der Waals surface area contributed by atoms with Gasteiger partial charge in [-0.1, -0.05) is 25.1 Å². The first-order valence-electron chi connectivity index (χ1n) is 6.33. The van der Waals surface area contributed by atoms with E-state index in [2.05, 4.69) is 36.9 Å². The average molecular weight is 236 g/mol. The fourth-order valence-corrected chi connectivity index (χ4v) is 2.03. The van der Waals surface area contributed by atoms with Crippen LogP contribution in [0.15, 0.2) is 18.2 Å². The lowest BCUT2D eigenvalue weighted by Gasteiger charge is -2.21. The highest BCUT2D eigenvalue weighted by Crippen LogP contribution is 2.13. The molecular formula is C14H24N2O. The molecule has 0 radical (unpaired) electrons. The minimum absolute atomic E-state index is 0.222. The predicted octanol–water partition coefficient (Wildman–Crippen LogP) is 1.66. The van der Waals surface area contributed by atoms with Gasteiger partial charge in [-0.15, -0.1) is 0 Å². The van der Waals surface area contributed by atoms with Gasteiger partial charge in [-0.2, -0.15) is 0 Å². The quantitative estimate of drug-likeness (QED) is 0.757. The van der Waals surface area contributed by atoms with Gasteiger partial charge in [-0.25, -0.2) is 0 Å². The number of nitrogens with zero attached hydrogens (tertiary/aromatic N) is 1. The van der Waals surface area contributed by atoms with Gasteiger partial charge in [-0.05, 0) is 36.6 Å². The number of aliphatic hydroxyl groups is 1. The number of aliphatic hydroxyl groups excluding tert-OH is 1. The third-order valence-corrected chi connectivity index (χ3v) is 2.99. The van der Waals surface area contributed by atoms with E-state index in [-0.39, 0.29) is 6.61 Å². The van der Waals surface area contributed by atoms with E-state index in [9.17, 15) is 0 Å². The molecule has 1 rings (SSSR count). The van der Waals surface area contributed by atoms with Crippen molar-refractivity contribution in [1.29, 1.82) is 0 Å². The van der Waals surface area contributed by atoms with Crippen LogP contribution in [0, 0.1) is 6.92 Å². The van der Waals surface area contributed by atoms with Gasteiger partial charge in [-0.3, -0.25) is 4.90 Å². The number of nitrogens with two attached hydrogens (primary N) is 1. The van der Waals surface area contributed by atoms with Crippen LogP contribution in [0.5, 0.6) is 0 Å². The van der Waals surface area contributed by atoms with Gasteiger partial charge in [0, 0.05) is 19.6 Å². The topological polar surface area (TPSA) is 49.5 Å². The van der Waals surface area contributed by atoms with E-state index in [1.54, 1.807) is 0 Å². The van der Waals surface area contributed by atoms with Crippen molar-refractivity contribution in [3.05, 3.63) is 34.9 Å². The number of aryl methyl sites for hydroxylation is 1. The fraction of sp³-hybridized carbons (Fsp3) is 0.571. The Labute approximate surface area is 104 Å². The lowest BCUT2D eigenvalue weighted by atomic mass is 10.0. The second-order valence-electron chi connectivity index (χ2n) is 4.46. The highest BCUT2D eigenvalue weighted by Gasteiger charge is 2.06. The smallest absolute Gasteiger partial charge is 0.0558 e. The molecule has 0 atom stereocenters. The van der Waals surface area contributed by atoms with E-state index in [0.717, 1.165) is 26.1 Å². The zero-order valence-electron chi connectivity index (χ0n) is 10.9. The molecule has 3 nitrogen and oxygen atoms in total. The van der Waals surface area contributed by atoms with Crippen LogP contribution < -0.4 is 5.73 Å². The third-order valence-electron chi connectivity index (χ3n) is 2.99. The van der Waals surface area contributed by atoms with Crippen molar-refractivity contribution < 1.29 is 5.11 Å². The van der Waals surface area contributed by atoms with E-state index in [1.165, 1.54) is 16.7 Å². The molecule has 0 spiro atoms. The summed E-state index contributed by atoms with van der Waals surface area (Å²) in [5.41, 5.74) is 9.41. The Kier molecular flexibility index (Phi) is 6.19. The van der Waals surface area contributed by atoms with E-state index in [1.807, 2.05) is 0 Å². The van der Waals surface area contributed by atoms with Crippen LogP contribution >= 0.6 is 0 Å². The van der Waals surface area contributed by atoms with Crippen LogP contribution in [-0.4, -0.2) is 29.7 Å². The van der Waals surface area contributed by atoms with Gasteiger partial charge in [0.2, 0.25) is 0 Å². The number of benzene rings is 1. The average Bonchev–Trinajstić information content (AvgIpc) is 2.32. The third kappa shape index (κ3) is 4.46. The normalized spacial score (nSPS) is 11.1. The minimum atomic E-state index is 0.222. The molecule has 0 amide bonds. The molecule has 0 unspecified atom stereocenters. The maximum atomic E-state index is 9.03. The van der Waals surface area contributed by atoms with E-state index >= 15 is 0 Å². The van der Waals surface area contributed by atoms with Crippen molar-refractivity contribution in [2.45, 2.75) is 33.4 Å². The second kappa shape index (κ2) is 7.43. The van der Waals surface area contributed by atoms with Crippen molar-refractivity contribution >= 4 is 0 Å². The summed E-state index contributed by atoms with van der Waals surface area (Å²) in [6.07, 6.45) is 1.11. The van der Waals surface area contributed by atoms with Crippen LogP contribution in [-0.2, 0) is 13.1 Å². The second-order valence-corrected chi connectivity index (χ2v) is 4.46. The molecule has 0 saturated heterocycles. The van der Waals surface area contributed by atoms with Crippen LogP contribution in [0.2, 0.25) is 0 Å². The molecule has 0 saturated carbocycles. The molecule has 0 bridgehead atoms. The summed E-state index contributed by atoms with van der Waals surface area (Å²) in [5.74, 6) is 0. The summed E-state index contributed by atoms with van der Waals surface area (Å²) in [4.78, 5) is 2.28. The molecule has 3 heteroatoms. The van der Waals surface area contributed by atoms with Gasteiger partial charge < -0.3 is 10.8 Å². The molecule has 3 N–H and O–H groups in total. The Hall–Kier alpha value is -0.900. The Morgan fingerprint density at radius 2 is 2.06 bits per heavy atom. The lowest BCUT2D eigenvalue weighted by molar-refractivity contribution is 0.190. The fourth-order valence-electron chi connectivity index (χ4n) is 2.03. The highest BCUT2D eigenvalue weighted by molar-refractivity contribution is 5.30. The molecule has 1 aromatic carbocycles. The van der Waals surface area contributed by atoms with Crippen molar-refractivity contribution in [3.8, 4) is 0 Å². The molecule has 96 valence electrons. The van der Waals surface area contributed by atoms with Crippen molar-refractivity contribution in [1.82, 2.24) is 4.90 Å². The molecule has 1 aromatic rings. The predicted molar refractivity (Wildman–Crippen MR) is 71.7 cm³/mol. The highest BCUT2D eigenvalue weighted by atomic mass is 16.3. The Balaban J connectivity index is 2.71. The van der Waals surface area contributed by atoms with Gasteiger partial charge in [0.15, 0.2) is 0 Å². The summed E-state index contributed by atoms with van der Waals surface area (Å²) < 4.78 is 0. The molecule has 0 aliphatic carbocycles. The number of hydrogen-bond acceptors (Lipinski definition) is 3. The minimum Gasteiger partial charge on any atom is -0.395 e. The SMILES string of the molecule is CCCN(CCO)Cc1ccc(CN)cc1C. The first-order valence-corrected chi connectivity index (χ1v) is 6.33. The lowest BCUT2D eigenvalue weighted by Crippen LogP contribution is -2.27. The Morgan fingerprint density at radius 1 is 1.29 bits per heavy atom. The summed E-state index contributed by atoms with van der Waals surface area (Å²) >= 11 is 0. The Bertz CT molecular complexity index is 333. The molecule has 0 aromatic heterocycles. The molecule has 0 fully saturated rings. The van der Waals surface area contributed by atoms with Crippen LogP contribution in [0.4, 0.5) is 0 Å². The maximum absolute atomic E-state index is 9.03. The van der Waals surface area contributed by atoms with Gasteiger partial charge >= 0.3 is 0 Å². The van der Waals surface area contributed by atoms with Gasteiger partial charge in [0.1, 0.15) is 0 Å². The van der Waals surface area contributed by atoms with Crippen LogP contribution in [0.25, 0.3) is 0 Å². The van der Waals surface area contributed by atoms with E-state index in [4.69, 9.17) is 10.8 Å². The maximum Gasteiger partial charge on any atom is 0.0558 e. The van der Waals surface area contributed by atoms with Crippen molar-refractivity contribution in [2.24, 2.45) is 5.73 Å². The zero-order valence-corrected chi connectivity index (χ0v) is 10.9. The molecule has 0 aliphatic heterocycles. The first kappa shape index (κ1) is 14.2.